The third-order valence-electron chi connectivity index (χ3n) is 2.00. The summed E-state index contributed by atoms with van der Waals surface area (Å²) >= 11 is 0. The molecular weight excluding hydrogens is 164 g/mol. The average molecular weight is 180 g/mol. The summed E-state index contributed by atoms with van der Waals surface area (Å²) in [7, 11) is 0.666. The molecule has 0 fully saturated rings. The molecule has 0 bridgehead atoms. The van der Waals surface area contributed by atoms with Gasteiger partial charge in [-0.1, -0.05) is 25.6 Å². The van der Waals surface area contributed by atoms with Crippen LogP contribution in [-0.4, -0.2) is 25.9 Å². The van der Waals surface area contributed by atoms with Gasteiger partial charge in [0.2, 0.25) is 0 Å². The highest BCUT2D eigenvalue weighted by Crippen LogP contribution is 2.12. The second kappa shape index (κ2) is 4.30. The summed E-state index contributed by atoms with van der Waals surface area (Å²) in [5.41, 5.74) is 0. The molecule has 1 atom stereocenters. The van der Waals surface area contributed by atoms with Crippen molar-refractivity contribution in [1.29, 1.82) is 5.26 Å². The van der Waals surface area contributed by atoms with Crippen LogP contribution in [0.4, 0.5) is 0 Å². The number of nitrogens with zero attached hydrogens (tertiary/aromatic N) is 2. The van der Waals surface area contributed by atoms with Crippen molar-refractivity contribution in [2.75, 3.05) is 7.05 Å². The minimum atomic E-state index is -1.34. The fraction of sp³-hybridized carbons (Fsp3) is 0.667. The van der Waals surface area contributed by atoms with E-state index in [2.05, 4.69) is 36.2 Å². The van der Waals surface area contributed by atoms with Gasteiger partial charge < -0.3 is 4.57 Å². The Kier molecular flexibility index (Phi) is 4.02. The van der Waals surface area contributed by atoms with Crippen molar-refractivity contribution in [2.45, 2.75) is 32.1 Å². The first kappa shape index (κ1) is 11.2. The quantitative estimate of drug-likeness (QED) is 0.488. The summed E-state index contributed by atoms with van der Waals surface area (Å²) in [4.78, 5) is 0. The molecule has 0 N–H and O–H groups in total. The Morgan fingerprint density at radius 2 is 2.00 bits per heavy atom. The van der Waals surface area contributed by atoms with Gasteiger partial charge in [0.05, 0.1) is 18.5 Å². The second-order valence-corrected chi connectivity index (χ2v) is 8.87. The van der Waals surface area contributed by atoms with Gasteiger partial charge in [0.1, 0.15) is 8.24 Å². The Morgan fingerprint density at radius 3 is 2.25 bits per heavy atom. The molecule has 0 aliphatic carbocycles. The predicted molar refractivity (Wildman–Crippen MR) is 54.0 cm³/mol. The largest absolute Gasteiger partial charge is 0.313 e. The van der Waals surface area contributed by atoms with E-state index in [-0.39, 0.29) is 6.04 Å². The number of rotatable bonds is 3. The molecule has 0 aromatic rings. The van der Waals surface area contributed by atoms with Crippen molar-refractivity contribution in [3.8, 4) is 18.4 Å². The molecular formula is C9H16N2Si. The third kappa shape index (κ3) is 3.09. The molecule has 0 aromatic carbocycles. The van der Waals surface area contributed by atoms with E-state index in [1.54, 1.807) is 0 Å². The molecule has 0 heterocycles. The van der Waals surface area contributed by atoms with Crippen LogP contribution in [0.2, 0.25) is 19.6 Å². The maximum Gasteiger partial charge on any atom is 0.120 e. The summed E-state index contributed by atoms with van der Waals surface area (Å²) in [5.74, 6) is 2.65. The van der Waals surface area contributed by atoms with Crippen molar-refractivity contribution >= 4 is 8.24 Å². The Labute approximate surface area is 76.3 Å². The summed E-state index contributed by atoms with van der Waals surface area (Å²) in [6, 6.07) is 2.10. The van der Waals surface area contributed by atoms with Crippen LogP contribution in [-0.2, 0) is 0 Å². The number of nitriles is 1. The Hall–Kier alpha value is -0.773. The standard InChI is InChI=1S/C9H16N2Si/c1-6-9(7-8-10)11(2)12(3,4)5/h1,9H,7H2,2-5H3. The highest BCUT2D eigenvalue weighted by atomic mass is 28.3. The minimum Gasteiger partial charge on any atom is -0.313 e. The fourth-order valence-electron chi connectivity index (χ4n) is 0.862. The summed E-state index contributed by atoms with van der Waals surface area (Å²) < 4.78 is 2.18. The molecule has 0 spiro atoms. The van der Waals surface area contributed by atoms with Crippen LogP contribution >= 0.6 is 0 Å². The Morgan fingerprint density at radius 1 is 1.50 bits per heavy atom. The highest BCUT2D eigenvalue weighted by molar-refractivity contribution is 6.73. The molecule has 0 rings (SSSR count). The van der Waals surface area contributed by atoms with E-state index in [0.717, 1.165) is 0 Å². The molecule has 0 aliphatic rings. The van der Waals surface area contributed by atoms with Crippen LogP contribution in [0, 0.1) is 23.7 Å². The van der Waals surface area contributed by atoms with Gasteiger partial charge in [0, 0.05) is 0 Å². The van der Waals surface area contributed by atoms with E-state index in [1.165, 1.54) is 0 Å². The molecule has 66 valence electrons. The number of hydrogen-bond acceptors (Lipinski definition) is 2. The van der Waals surface area contributed by atoms with Gasteiger partial charge in [0.15, 0.2) is 0 Å². The molecule has 0 amide bonds. The first-order valence-electron chi connectivity index (χ1n) is 3.99. The first-order chi connectivity index (χ1) is 5.43. The van der Waals surface area contributed by atoms with Crippen molar-refractivity contribution in [3.05, 3.63) is 0 Å². The van der Waals surface area contributed by atoms with Crippen LogP contribution in [0.5, 0.6) is 0 Å². The zero-order valence-corrected chi connectivity index (χ0v) is 9.26. The normalized spacial score (nSPS) is 13.6. The lowest BCUT2D eigenvalue weighted by Crippen LogP contribution is -2.48. The Balaban J connectivity index is 4.36. The lowest BCUT2D eigenvalue weighted by molar-refractivity contribution is 0.447. The van der Waals surface area contributed by atoms with Crippen molar-refractivity contribution in [2.24, 2.45) is 0 Å². The van der Waals surface area contributed by atoms with E-state index < -0.39 is 8.24 Å². The van der Waals surface area contributed by atoms with E-state index in [1.807, 2.05) is 7.05 Å². The third-order valence-corrected chi connectivity index (χ3v) is 4.43. The van der Waals surface area contributed by atoms with Gasteiger partial charge in [-0.15, -0.1) is 6.42 Å². The van der Waals surface area contributed by atoms with Crippen LogP contribution in [0.25, 0.3) is 0 Å². The SMILES string of the molecule is C#CC(CC#N)N(C)[Si](C)(C)C. The van der Waals surface area contributed by atoms with Gasteiger partial charge in [0.25, 0.3) is 0 Å². The fourth-order valence-corrected chi connectivity index (χ4v) is 1.96. The van der Waals surface area contributed by atoms with E-state index in [4.69, 9.17) is 11.7 Å². The number of terminal acetylenes is 1. The van der Waals surface area contributed by atoms with Crippen molar-refractivity contribution < 1.29 is 0 Å². The second-order valence-electron chi connectivity index (χ2n) is 3.83. The Bertz CT molecular complexity index is 216. The molecule has 3 heteroatoms. The molecule has 0 radical (unpaired) electrons. The molecule has 0 saturated carbocycles. The van der Waals surface area contributed by atoms with Crippen LogP contribution in [0.3, 0.4) is 0 Å². The summed E-state index contributed by atoms with van der Waals surface area (Å²) in [6.45, 7) is 6.65. The van der Waals surface area contributed by atoms with Crippen molar-refractivity contribution in [3.63, 3.8) is 0 Å². The van der Waals surface area contributed by atoms with E-state index >= 15 is 0 Å². The zero-order valence-electron chi connectivity index (χ0n) is 8.26. The number of hydrogen-bond donors (Lipinski definition) is 0. The minimum absolute atomic E-state index is 0.0123. The zero-order chi connectivity index (χ0) is 9.78. The van der Waals surface area contributed by atoms with Gasteiger partial charge in [-0.25, -0.2) is 0 Å². The molecule has 2 nitrogen and oxygen atoms in total. The first-order valence-corrected chi connectivity index (χ1v) is 7.44. The van der Waals surface area contributed by atoms with Crippen LogP contribution in [0.1, 0.15) is 6.42 Å². The molecule has 1 unspecified atom stereocenters. The smallest absolute Gasteiger partial charge is 0.120 e. The van der Waals surface area contributed by atoms with Crippen molar-refractivity contribution in [1.82, 2.24) is 4.57 Å². The highest BCUT2D eigenvalue weighted by Gasteiger charge is 2.25. The lowest BCUT2D eigenvalue weighted by atomic mass is 10.2. The van der Waals surface area contributed by atoms with Crippen LogP contribution in [0.15, 0.2) is 0 Å². The monoisotopic (exact) mass is 180 g/mol. The summed E-state index contributed by atoms with van der Waals surface area (Å²) in [6.07, 6.45) is 5.76. The topological polar surface area (TPSA) is 27.0 Å². The van der Waals surface area contributed by atoms with Gasteiger partial charge in [-0.05, 0) is 7.05 Å². The van der Waals surface area contributed by atoms with Gasteiger partial charge >= 0.3 is 0 Å². The maximum atomic E-state index is 8.53. The van der Waals surface area contributed by atoms with E-state index in [0.29, 0.717) is 6.42 Å². The average Bonchev–Trinajstić information content (AvgIpc) is 1.97. The summed E-state index contributed by atoms with van der Waals surface area (Å²) in [5, 5.41) is 8.53. The lowest BCUT2D eigenvalue weighted by Gasteiger charge is -2.33. The molecule has 0 aliphatic heterocycles. The van der Waals surface area contributed by atoms with Gasteiger partial charge in [-0.2, -0.15) is 5.26 Å². The molecule has 0 aromatic heterocycles. The predicted octanol–water partition coefficient (Wildman–Crippen LogP) is 1.67. The molecule has 12 heavy (non-hydrogen) atoms. The molecule has 0 saturated heterocycles. The maximum absolute atomic E-state index is 8.53. The van der Waals surface area contributed by atoms with Gasteiger partial charge in [-0.3, -0.25) is 0 Å². The van der Waals surface area contributed by atoms with Crippen LogP contribution < -0.4 is 0 Å². The van der Waals surface area contributed by atoms with E-state index in [9.17, 15) is 0 Å².